The molecule has 0 spiro atoms. The van der Waals surface area contributed by atoms with Crippen LogP contribution >= 0.6 is 0 Å². The molecule has 0 radical (unpaired) electrons. The Morgan fingerprint density at radius 2 is 2.12 bits per heavy atom. The maximum atomic E-state index is 10.3. The predicted octanol–water partition coefficient (Wildman–Crippen LogP) is 1.84. The first-order chi connectivity index (χ1) is 7.42. The summed E-state index contributed by atoms with van der Waals surface area (Å²) in [6.07, 6.45) is 3.52. The molecular weight excluding hydrogens is 200 g/mol. The van der Waals surface area contributed by atoms with E-state index in [1.165, 1.54) is 0 Å². The van der Waals surface area contributed by atoms with Gasteiger partial charge in [0, 0.05) is 24.5 Å². The molecule has 0 saturated carbocycles. The number of aliphatic hydroxyl groups is 1. The summed E-state index contributed by atoms with van der Waals surface area (Å²) in [7, 11) is 0. The lowest BCUT2D eigenvalue weighted by Crippen LogP contribution is -2.37. The van der Waals surface area contributed by atoms with Gasteiger partial charge in [-0.1, -0.05) is 19.9 Å². The zero-order valence-corrected chi connectivity index (χ0v) is 10.6. The summed E-state index contributed by atoms with van der Waals surface area (Å²) in [5.41, 5.74) is 1.08. The summed E-state index contributed by atoms with van der Waals surface area (Å²) in [6.45, 7) is 9.56. The highest BCUT2D eigenvalue weighted by Gasteiger charge is 2.22. The van der Waals surface area contributed by atoms with Gasteiger partial charge < -0.3 is 10.4 Å². The highest BCUT2D eigenvalue weighted by atomic mass is 16.3. The number of hydrogen-bond acceptors (Lipinski definition) is 3. The molecule has 1 aromatic heterocycles. The lowest BCUT2D eigenvalue weighted by molar-refractivity contribution is 0.0560. The van der Waals surface area contributed by atoms with E-state index in [9.17, 15) is 5.11 Å². The average Bonchev–Trinajstić information content (AvgIpc) is 2.16. The van der Waals surface area contributed by atoms with Crippen molar-refractivity contribution in [2.75, 3.05) is 13.1 Å². The summed E-state index contributed by atoms with van der Waals surface area (Å²) < 4.78 is 0. The minimum Gasteiger partial charge on any atom is -0.384 e. The van der Waals surface area contributed by atoms with Crippen molar-refractivity contribution < 1.29 is 5.11 Å². The van der Waals surface area contributed by atoms with Crippen LogP contribution in [-0.2, 0) is 5.60 Å². The molecule has 0 bridgehead atoms. The van der Waals surface area contributed by atoms with E-state index in [0.29, 0.717) is 12.5 Å². The third-order valence-corrected chi connectivity index (χ3v) is 2.52. The molecule has 1 atom stereocenters. The molecule has 0 aliphatic rings. The first-order valence-electron chi connectivity index (χ1n) is 5.77. The number of aryl methyl sites for hydroxylation is 1. The molecule has 0 aliphatic carbocycles. The Balaban J connectivity index is 2.62. The largest absolute Gasteiger partial charge is 0.384 e. The molecule has 1 aromatic rings. The van der Waals surface area contributed by atoms with Crippen molar-refractivity contribution in [3.63, 3.8) is 0 Å². The van der Waals surface area contributed by atoms with Gasteiger partial charge in [-0.25, -0.2) is 0 Å². The molecule has 1 rings (SSSR count). The second kappa shape index (κ2) is 5.41. The lowest BCUT2D eigenvalue weighted by atomic mass is 9.96. The molecule has 0 aromatic carbocycles. The molecule has 0 fully saturated rings. The SMILES string of the molecule is Cc1cncc(C(C)(O)CNCC(C)C)c1. The Labute approximate surface area is 97.9 Å². The van der Waals surface area contributed by atoms with Gasteiger partial charge in [-0.3, -0.25) is 4.98 Å². The highest BCUT2D eigenvalue weighted by Crippen LogP contribution is 2.19. The lowest BCUT2D eigenvalue weighted by Gasteiger charge is -2.24. The Morgan fingerprint density at radius 1 is 1.44 bits per heavy atom. The van der Waals surface area contributed by atoms with Crippen LogP contribution in [0, 0.1) is 12.8 Å². The van der Waals surface area contributed by atoms with Gasteiger partial charge in [0.15, 0.2) is 0 Å². The fourth-order valence-corrected chi connectivity index (χ4v) is 1.56. The van der Waals surface area contributed by atoms with Crippen molar-refractivity contribution >= 4 is 0 Å². The van der Waals surface area contributed by atoms with E-state index < -0.39 is 5.60 Å². The second-order valence-electron chi connectivity index (χ2n) is 5.05. The Kier molecular flexibility index (Phi) is 4.44. The zero-order chi connectivity index (χ0) is 12.2. The maximum absolute atomic E-state index is 10.3. The van der Waals surface area contributed by atoms with Crippen LogP contribution in [0.5, 0.6) is 0 Å². The topological polar surface area (TPSA) is 45.2 Å². The van der Waals surface area contributed by atoms with Gasteiger partial charge in [-0.2, -0.15) is 0 Å². The van der Waals surface area contributed by atoms with Gasteiger partial charge in [0.05, 0.1) is 0 Å². The fraction of sp³-hybridized carbons (Fsp3) is 0.615. The molecule has 0 saturated heterocycles. The van der Waals surface area contributed by atoms with Crippen molar-refractivity contribution in [3.05, 3.63) is 29.6 Å². The van der Waals surface area contributed by atoms with E-state index in [1.807, 2.05) is 19.9 Å². The average molecular weight is 222 g/mol. The normalized spacial score (nSPS) is 15.1. The molecule has 0 amide bonds. The summed E-state index contributed by atoms with van der Waals surface area (Å²) in [4.78, 5) is 4.11. The van der Waals surface area contributed by atoms with E-state index >= 15 is 0 Å². The van der Waals surface area contributed by atoms with Crippen LogP contribution in [0.25, 0.3) is 0 Å². The summed E-state index contributed by atoms with van der Waals surface area (Å²) >= 11 is 0. The third-order valence-electron chi connectivity index (χ3n) is 2.52. The Bertz CT molecular complexity index is 334. The van der Waals surface area contributed by atoms with Crippen LogP contribution in [0.2, 0.25) is 0 Å². The van der Waals surface area contributed by atoms with E-state index in [2.05, 4.69) is 24.1 Å². The fourth-order valence-electron chi connectivity index (χ4n) is 1.56. The molecular formula is C13H22N2O. The van der Waals surface area contributed by atoms with Gasteiger partial charge in [-0.15, -0.1) is 0 Å². The van der Waals surface area contributed by atoms with Gasteiger partial charge in [0.1, 0.15) is 5.60 Å². The molecule has 3 heteroatoms. The Hall–Kier alpha value is -0.930. The standard InChI is InChI=1S/C13H22N2O/c1-10(2)6-15-9-13(4,16)12-5-11(3)7-14-8-12/h5,7-8,10,15-16H,6,9H2,1-4H3. The highest BCUT2D eigenvalue weighted by molar-refractivity contribution is 5.22. The number of aromatic nitrogens is 1. The van der Waals surface area contributed by atoms with E-state index in [4.69, 9.17) is 0 Å². The smallest absolute Gasteiger partial charge is 0.101 e. The van der Waals surface area contributed by atoms with Gasteiger partial charge >= 0.3 is 0 Å². The third kappa shape index (κ3) is 3.91. The van der Waals surface area contributed by atoms with Crippen LogP contribution in [0.1, 0.15) is 31.9 Å². The monoisotopic (exact) mass is 222 g/mol. The quantitative estimate of drug-likeness (QED) is 0.799. The zero-order valence-electron chi connectivity index (χ0n) is 10.6. The molecule has 2 N–H and O–H groups in total. The first kappa shape index (κ1) is 13.1. The minimum absolute atomic E-state index is 0.552. The molecule has 90 valence electrons. The van der Waals surface area contributed by atoms with Crippen molar-refractivity contribution in [2.24, 2.45) is 5.92 Å². The maximum Gasteiger partial charge on any atom is 0.101 e. The van der Waals surface area contributed by atoms with Gasteiger partial charge in [-0.05, 0) is 31.9 Å². The number of pyridine rings is 1. The van der Waals surface area contributed by atoms with Crippen LogP contribution in [0.4, 0.5) is 0 Å². The predicted molar refractivity (Wildman–Crippen MR) is 66.3 cm³/mol. The summed E-state index contributed by atoms with van der Waals surface area (Å²) in [5.74, 6) is 0.589. The Morgan fingerprint density at radius 3 is 2.69 bits per heavy atom. The van der Waals surface area contributed by atoms with E-state index in [-0.39, 0.29) is 0 Å². The molecule has 3 nitrogen and oxygen atoms in total. The number of nitrogens with one attached hydrogen (secondary N) is 1. The molecule has 16 heavy (non-hydrogen) atoms. The number of rotatable bonds is 5. The summed E-state index contributed by atoms with van der Waals surface area (Å²) in [6, 6.07) is 1.98. The second-order valence-corrected chi connectivity index (χ2v) is 5.05. The van der Waals surface area contributed by atoms with Crippen LogP contribution in [0.3, 0.4) is 0 Å². The first-order valence-corrected chi connectivity index (χ1v) is 5.77. The van der Waals surface area contributed by atoms with E-state index in [1.54, 1.807) is 12.4 Å². The van der Waals surface area contributed by atoms with Crippen LogP contribution < -0.4 is 5.32 Å². The van der Waals surface area contributed by atoms with Crippen molar-refractivity contribution in [1.82, 2.24) is 10.3 Å². The number of nitrogens with zero attached hydrogens (tertiary/aromatic N) is 1. The number of hydrogen-bond donors (Lipinski definition) is 2. The molecule has 1 unspecified atom stereocenters. The van der Waals surface area contributed by atoms with E-state index in [0.717, 1.165) is 17.7 Å². The van der Waals surface area contributed by atoms with Crippen LogP contribution in [-0.4, -0.2) is 23.2 Å². The van der Waals surface area contributed by atoms with Gasteiger partial charge in [0.2, 0.25) is 0 Å². The van der Waals surface area contributed by atoms with Crippen molar-refractivity contribution in [3.8, 4) is 0 Å². The molecule has 0 aliphatic heterocycles. The van der Waals surface area contributed by atoms with Gasteiger partial charge in [0.25, 0.3) is 0 Å². The van der Waals surface area contributed by atoms with Crippen molar-refractivity contribution in [1.29, 1.82) is 0 Å². The van der Waals surface area contributed by atoms with Crippen molar-refractivity contribution in [2.45, 2.75) is 33.3 Å². The summed E-state index contributed by atoms with van der Waals surface area (Å²) in [5, 5.41) is 13.6. The minimum atomic E-state index is -0.853. The van der Waals surface area contributed by atoms with Crippen LogP contribution in [0.15, 0.2) is 18.5 Å². The molecule has 1 heterocycles.